The van der Waals surface area contributed by atoms with Crippen molar-refractivity contribution in [1.82, 2.24) is 5.32 Å². The molecule has 1 saturated carbocycles. The summed E-state index contributed by atoms with van der Waals surface area (Å²) in [7, 11) is 0. The van der Waals surface area contributed by atoms with Crippen LogP contribution in [-0.2, 0) is 11.3 Å². The minimum absolute atomic E-state index is 0.122. The van der Waals surface area contributed by atoms with E-state index in [4.69, 9.17) is 5.73 Å². The minimum Gasteiger partial charge on any atom is -0.350 e. The molecule has 0 atom stereocenters. The van der Waals surface area contributed by atoms with Crippen LogP contribution in [0, 0.1) is 6.92 Å². The van der Waals surface area contributed by atoms with Crippen LogP contribution < -0.4 is 21.7 Å². The molecule has 2 aromatic carbocycles. The zero-order valence-corrected chi connectivity index (χ0v) is 14.1. The molecule has 0 saturated heterocycles. The van der Waals surface area contributed by atoms with Gasteiger partial charge in [0.25, 0.3) is 0 Å². The summed E-state index contributed by atoms with van der Waals surface area (Å²) >= 11 is 0. The zero-order valence-electron chi connectivity index (χ0n) is 14.1. The molecule has 0 unspecified atom stereocenters. The van der Waals surface area contributed by atoms with Gasteiger partial charge in [-0.15, -0.1) is 0 Å². The smallest absolute Gasteiger partial charge is 0.323 e. The van der Waals surface area contributed by atoms with E-state index in [0.717, 1.165) is 29.7 Å². The van der Waals surface area contributed by atoms with E-state index < -0.39 is 5.54 Å². The number of aryl methyl sites for hydroxylation is 1. The number of urea groups is 1. The highest BCUT2D eigenvalue weighted by Gasteiger charge is 2.45. The summed E-state index contributed by atoms with van der Waals surface area (Å²) in [6.45, 7) is 2.35. The van der Waals surface area contributed by atoms with Gasteiger partial charge in [-0.2, -0.15) is 0 Å². The summed E-state index contributed by atoms with van der Waals surface area (Å²) in [5.74, 6) is -0.122. The van der Waals surface area contributed by atoms with Crippen LogP contribution in [0.5, 0.6) is 0 Å². The van der Waals surface area contributed by atoms with Crippen molar-refractivity contribution in [3.63, 3.8) is 0 Å². The summed E-state index contributed by atoms with van der Waals surface area (Å²) in [5.41, 5.74) is 8.54. The molecule has 5 N–H and O–H groups in total. The lowest BCUT2D eigenvalue weighted by molar-refractivity contribution is -0.123. The first-order chi connectivity index (χ1) is 11.9. The van der Waals surface area contributed by atoms with Gasteiger partial charge in [0.1, 0.15) is 0 Å². The van der Waals surface area contributed by atoms with Crippen LogP contribution in [0.25, 0.3) is 0 Å². The second-order valence-corrected chi connectivity index (χ2v) is 6.49. The summed E-state index contributed by atoms with van der Waals surface area (Å²) in [5, 5.41) is 8.42. The molecule has 0 spiro atoms. The Labute approximate surface area is 146 Å². The van der Waals surface area contributed by atoms with E-state index >= 15 is 0 Å². The van der Waals surface area contributed by atoms with E-state index in [2.05, 4.69) is 16.0 Å². The molecule has 1 aliphatic carbocycles. The number of carbonyl (C=O) groups excluding carboxylic acids is 2. The Morgan fingerprint density at radius 2 is 1.68 bits per heavy atom. The molecule has 0 aromatic heterocycles. The Kier molecular flexibility index (Phi) is 4.72. The maximum Gasteiger partial charge on any atom is 0.323 e. The van der Waals surface area contributed by atoms with Gasteiger partial charge in [-0.1, -0.05) is 24.3 Å². The van der Waals surface area contributed by atoms with Crippen LogP contribution in [-0.4, -0.2) is 17.5 Å². The summed E-state index contributed by atoms with van der Waals surface area (Å²) in [6.07, 6.45) is 1.47. The predicted octanol–water partition coefficient (Wildman–Crippen LogP) is 2.75. The standard InChI is InChI=1S/C19H22N4O2/c1-13-4-2-6-15(10-13)22-18(25)23-16-7-3-5-14(11-16)12-21-17(24)19(20)8-9-19/h2-7,10-11H,8-9,12,20H2,1H3,(H,21,24)(H2,22,23,25). The van der Waals surface area contributed by atoms with Crippen molar-refractivity contribution in [3.05, 3.63) is 59.7 Å². The van der Waals surface area contributed by atoms with Gasteiger partial charge < -0.3 is 21.7 Å². The van der Waals surface area contributed by atoms with Crippen LogP contribution in [0.1, 0.15) is 24.0 Å². The monoisotopic (exact) mass is 338 g/mol. The quantitative estimate of drug-likeness (QED) is 0.675. The Balaban J connectivity index is 1.55. The predicted molar refractivity (Wildman–Crippen MR) is 98.3 cm³/mol. The van der Waals surface area contributed by atoms with Gasteiger partial charge in [-0.3, -0.25) is 4.79 Å². The number of nitrogens with one attached hydrogen (secondary N) is 3. The number of hydrogen-bond donors (Lipinski definition) is 4. The Bertz CT molecular complexity index is 800. The molecule has 1 aliphatic rings. The first kappa shape index (κ1) is 17.0. The molecular formula is C19H22N4O2. The molecule has 6 heteroatoms. The lowest BCUT2D eigenvalue weighted by atomic mass is 10.2. The van der Waals surface area contributed by atoms with Crippen LogP contribution >= 0.6 is 0 Å². The third-order valence-electron chi connectivity index (χ3n) is 4.15. The van der Waals surface area contributed by atoms with E-state index in [1.807, 2.05) is 49.4 Å². The van der Waals surface area contributed by atoms with Crippen LogP contribution in [0.3, 0.4) is 0 Å². The maximum absolute atomic E-state index is 12.1. The van der Waals surface area contributed by atoms with Crippen molar-refractivity contribution in [2.75, 3.05) is 10.6 Å². The first-order valence-corrected chi connectivity index (χ1v) is 8.25. The van der Waals surface area contributed by atoms with Gasteiger partial charge in [0, 0.05) is 17.9 Å². The van der Waals surface area contributed by atoms with Crippen molar-refractivity contribution >= 4 is 23.3 Å². The van der Waals surface area contributed by atoms with E-state index in [0.29, 0.717) is 12.2 Å². The fourth-order valence-electron chi connectivity index (χ4n) is 2.50. The van der Waals surface area contributed by atoms with E-state index in [-0.39, 0.29) is 11.9 Å². The van der Waals surface area contributed by atoms with Crippen LogP contribution in [0.2, 0.25) is 0 Å². The maximum atomic E-state index is 12.1. The minimum atomic E-state index is -0.677. The Morgan fingerprint density at radius 1 is 1.04 bits per heavy atom. The van der Waals surface area contributed by atoms with E-state index in [1.54, 1.807) is 6.07 Å². The average Bonchev–Trinajstić information content (AvgIpc) is 3.32. The number of hydrogen-bond acceptors (Lipinski definition) is 3. The third-order valence-corrected chi connectivity index (χ3v) is 4.15. The fourth-order valence-corrected chi connectivity index (χ4v) is 2.50. The number of nitrogens with two attached hydrogens (primary N) is 1. The Morgan fingerprint density at radius 3 is 2.32 bits per heavy atom. The topological polar surface area (TPSA) is 96.2 Å². The largest absolute Gasteiger partial charge is 0.350 e. The van der Waals surface area contributed by atoms with Crippen LogP contribution in [0.4, 0.5) is 16.2 Å². The highest BCUT2D eigenvalue weighted by Crippen LogP contribution is 2.32. The van der Waals surface area contributed by atoms with E-state index in [9.17, 15) is 9.59 Å². The Hall–Kier alpha value is -2.86. The summed E-state index contributed by atoms with van der Waals surface area (Å²) in [6, 6.07) is 14.6. The van der Waals surface area contributed by atoms with Crippen molar-refractivity contribution < 1.29 is 9.59 Å². The zero-order chi connectivity index (χ0) is 17.9. The molecule has 130 valence electrons. The number of benzene rings is 2. The molecule has 2 aromatic rings. The van der Waals surface area contributed by atoms with Gasteiger partial charge >= 0.3 is 6.03 Å². The highest BCUT2D eigenvalue weighted by molar-refractivity contribution is 5.99. The van der Waals surface area contributed by atoms with Crippen molar-refractivity contribution in [1.29, 1.82) is 0 Å². The molecule has 0 bridgehead atoms. The lowest BCUT2D eigenvalue weighted by Gasteiger charge is -2.12. The normalized spacial score (nSPS) is 14.5. The molecule has 0 aliphatic heterocycles. The molecule has 3 amide bonds. The second-order valence-electron chi connectivity index (χ2n) is 6.49. The number of amides is 3. The number of rotatable bonds is 5. The summed E-state index contributed by atoms with van der Waals surface area (Å²) < 4.78 is 0. The highest BCUT2D eigenvalue weighted by atomic mass is 16.2. The molecule has 0 radical (unpaired) electrons. The van der Waals surface area contributed by atoms with Crippen molar-refractivity contribution in [2.45, 2.75) is 31.8 Å². The average molecular weight is 338 g/mol. The number of carbonyl (C=O) groups is 2. The second kappa shape index (κ2) is 6.94. The van der Waals surface area contributed by atoms with Gasteiger partial charge in [0.05, 0.1) is 5.54 Å². The van der Waals surface area contributed by atoms with Crippen LogP contribution in [0.15, 0.2) is 48.5 Å². The van der Waals surface area contributed by atoms with Gasteiger partial charge in [0.2, 0.25) is 5.91 Å². The SMILES string of the molecule is Cc1cccc(NC(=O)Nc2cccc(CNC(=O)C3(N)CC3)c2)c1. The van der Waals surface area contributed by atoms with Crippen molar-refractivity contribution in [2.24, 2.45) is 5.73 Å². The molecule has 3 rings (SSSR count). The molecule has 6 nitrogen and oxygen atoms in total. The third kappa shape index (κ3) is 4.58. The molecule has 1 fully saturated rings. The fraction of sp³-hybridized carbons (Fsp3) is 0.263. The van der Waals surface area contributed by atoms with Gasteiger partial charge in [0.15, 0.2) is 0 Å². The number of anilines is 2. The summed E-state index contributed by atoms with van der Waals surface area (Å²) in [4.78, 5) is 24.0. The van der Waals surface area contributed by atoms with Crippen molar-refractivity contribution in [3.8, 4) is 0 Å². The van der Waals surface area contributed by atoms with E-state index in [1.165, 1.54) is 0 Å². The first-order valence-electron chi connectivity index (χ1n) is 8.25. The van der Waals surface area contributed by atoms with Gasteiger partial charge in [-0.05, 0) is 55.2 Å². The van der Waals surface area contributed by atoms with Gasteiger partial charge in [-0.25, -0.2) is 4.79 Å². The lowest BCUT2D eigenvalue weighted by Crippen LogP contribution is -2.42. The molecule has 25 heavy (non-hydrogen) atoms. The molecule has 0 heterocycles. The molecular weight excluding hydrogens is 316 g/mol.